The van der Waals surface area contributed by atoms with Gasteiger partial charge in [0.25, 0.3) is 11.8 Å². The second kappa shape index (κ2) is 5.88. The van der Waals surface area contributed by atoms with Crippen LogP contribution in [0.3, 0.4) is 0 Å². The zero-order valence-corrected chi connectivity index (χ0v) is 12.9. The van der Waals surface area contributed by atoms with Crippen LogP contribution >= 0.6 is 0 Å². The van der Waals surface area contributed by atoms with Crippen LogP contribution in [0, 0.1) is 0 Å². The van der Waals surface area contributed by atoms with E-state index in [0.29, 0.717) is 0 Å². The molecule has 3 rings (SSSR count). The summed E-state index contributed by atoms with van der Waals surface area (Å²) in [5.41, 5.74) is 0.353. The van der Waals surface area contributed by atoms with E-state index < -0.39 is 42.2 Å². The molecular weight excluding hydrogens is 316 g/mol. The lowest BCUT2D eigenvalue weighted by molar-refractivity contribution is -0.148. The van der Waals surface area contributed by atoms with E-state index in [2.05, 4.69) is 4.74 Å². The van der Waals surface area contributed by atoms with Gasteiger partial charge in [0.05, 0.1) is 24.8 Å². The Morgan fingerprint density at radius 1 is 1.04 bits per heavy atom. The van der Waals surface area contributed by atoms with Crippen molar-refractivity contribution in [1.82, 2.24) is 9.80 Å². The van der Waals surface area contributed by atoms with Gasteiger partial charge in [-0.25, -0.2) is 4.79 Å². The van der Waals surface area contributed by atoms with E-state index in [0.717, 1.165) is 16.9 Å². The Bertz CT molecular complexity index is 721. The van der Waals surface area contributed by atoms with Gasteiger partial charge in [-0.05, 0) is 12.1 Å². The average Bonchev–Trinajstić information content (AvgIpc) is 3.03. The molecule has 2 heterocycles. The van der Waals surface area contributed by atoms with Gasteiger partial charge in [-0.15, -0.1) is 0 Å². The Labute approximate surface area is 137 Å². The van der Waals surface area contributed by atoms with Crippen molar-refractivity contribution < 1.29 is 28.7 Å². The van der Waals surface area contributed by atoms with E-state index in [-0.39, 0.29) is 24.0 Å². The number of methoxy groups -OCH3 is 1. The van der Waals surface area contributed by atoms with Crippen LogP contribution in [0.4, 0.5) is 0 Å². The quantitative estimate of drug-likeness (QED) is 0.568. The lowest BCUT2D eigenvalue weighted by Gasteiger charge is -2.27. The number of carbonyl (C=O) groups is 5. The highest BCUT2D eigenvalue weighted by atomic mass is 16.5. The van der Waals surface area contributed by atoms with Crippen LogP contribution in [0.15, 0.2) is 24.3 Å². The van der Waals surface area contributed by atoms with Crippen molar-refractivity contribution in [3.05, 3.63) is 35.4 Å². The third-order valence-corrected chi connectivity index (χ3v) is 4.12. The van der Waals surface area contributed by atoms with Crippen LogP contribution in [0.2, 0.25) is 0 Å². The summed E-state index contributed by atoms with van der Waals surface area (Å²) < 4.78 is 4.67. The van der Waals surface area contributed by atoms with Crippen LogP contribution in [0.25, 0.3) is 0 Å². The number of esters is 1. The first-order chi connectivity index (χ1) is 11.5. The zero-order valence-electron chi connectivity index (χ0n) is 12.9. The average molecular weight is 330 g/mol. The van der Waals surface area contributed by atoms with Crippen molar-refractivity contribution in [2.45, 2.75) is 18.9 Å². The van der Waals surface area contributed by atoms with Crippen LogP contribution in [-0.2, 0) is 19.1 Å². The highest BCUT2D eigenvalue weighted by Crippen LogP contribution is 2.26. The number of hydrogen-bond donors (Lipinski definition) is 0. The van der Waals surface area contributed by atoms with Crippen molar-refractivity contribution in [3.63, 3.8) is 0 Å². The first-order valence-corrected chi connectivity index (χ1v) is 7.33. The maximum Gasteiger partial charge on any atom is 0.330 e. The highest BCUT2D eigenvalue weighted by Gasteiger charge is 2.45. The number of likely N-dealkylation sites (tertiary alicyclic amines) is 1. The van der Waals surface area contributed by atoms with Gasteiger partial charge in [0.15, 0.2) is 6.04 Å². The Kier molecular flexibility index (Phi) is 3.88. The van der Waals surface area contributed by atoms with Gasteiger partial charge in [-0.3, -0.25) is 29.0 Å². The molecule has 2 aliphatic rings. The maximum atomic E-state index is 12.5. The molecule has 8 heteroatoms. The van der Waals surface area contributed by atoms with E-state index in [4.69, 9.17) is 0 Å². The normalized spacial score (nSPS) is 18.2. The summed E-state index contributed by atoms with van der Waals surface area (Å²) in [6, 6.07) is 4.81. The molecule has 1 unspecified atom stereocenters. The van der Waals surface area contributed by atoms with Gasteiger partial charge in [0, 0.05) is 12.8 Å². The standard InChI is InChI=1S/C16H14N2O6/c1-24-16(23)11(8-17-12(19)6-7-13(17)20)18-14(21)9-4-2-3-5-10(9)15(18)22/h2-5,11H,6-8H2,1H3. The smallest absolute Gasteiger partial charge is 0.330 e. The first-order valence-electron chi connectivity index (χ1n) is 7.33. The summed E-state index contributed by atoms with van der Waals surface area (Å²) in [6.45, 7) is -0.393. The molecule has 0 spiro atoms. The van der Waals surface area contributed by atoms with Gasteiger partial charge >= 0.3 is 5.97 Å². The first kappa shape index (κ1) is 15.9. The Hall–Kier alpha value is -3.03. The van der Waals surface area contributed by atoms with Gasteiger partial charge in [-0.1, -0.05) is 12.1 Å². The second-order valence-corrected chi connectivity index (χ2v) is 5.46. The number of carbonyl (C=O) groups excluding carboxylic acids is 5. The molecule has 1 saturated heterocycles. The minimum absolute atomic E-state index is 0.0504. The van der Waals surface area contributed by atoms with Crippen molar-refractivity contribution in [1.29, 1.82) is 0 Å². The van der Waals surface area contributed by atoms with Crippen LogP contribution in [0.5, 0.6) is 0 Å². The van der Waals surface area contributed by atoms with E-state index in [1.165, 1.54) is 12.1 Å². The summed E-state index contributed by atoms with van der Waals surface area (Å²) in [5, 5.41) is 0. The topological polar surface area (TPSA) is 101 Å². The fourth-order valence-corrected chi connectivity index (χ4v) is 2.89. The SMILES string of the molecule is COC(=O)C(CN1C(=O)CCC1=O)N1C(=O)c2ccccc2C1=O. The number of benzene rings is 1. The van der Waals surface area contributed by atoms with Gasteiger partial charge in [0.2, 0.25) is 11.8 Å². The van der Waals surface area contributed by atoms with Crippen LogP contribution < -0.4 is 0 Å². The van der Waals surface area contributed by atoms with Gasteiger partial charge < -0.3 is 4.74 Å². The van der Waals surface area contributed by atoms with Crippen molar-refractivity contribution >= 4 is 29.6 Å². The van der Waals surface area contributed by atoms with Gasteiger partial charge in [0.1, 0.15) is 0 Å². The maximum absolute atomic E-state index is 12.5. The molecule has 0 saturated carbocycles. The summed E-state index contributed by atoms with van der Waals surface area (Å²) in [4.78, 5) is 62.4. The second-order valence-electron chi connectivity index (χ2n) is 5.46. The number of ether oxygens (including phenoxy) is 1. The van der Waals surface area contributed by atoms with Crippen LogP contribution in [0.1, 0.15) is 33.6 Å². The fraction of sp³-hybridized carbons (Fsp3) is 0.312. The Morgan fingerprint density at radius 3 is 2.00 bits per heavy atom. The number of amides is 4. The van der Waals surface area contributed by atoms with Crippen molar-refractivity contribution in [2.75, 3.05) is 13.7 Å². The molecule has 1 aromatic carbocycles. The summed E-state index contributed by atoms with van der Waals surface area (Å²) >= 11 is 0. The lowest BCUT2D eigenvalue weighted by Crippen LogP contribution is -2.52. The third-order valence-electron chi connectivity index (χ3n) is 4.12. The van der Waals surface area contributed by atoms with E-state index >= 15 is 0 Å². The molecular formula is C16H14N2O6. The highest BCUT2D eigenvalue weighted by molar-refractivity contribution is 6.22. The predicted octanol–water partition coefficient (Wildman–Crippen LogP) is -0.0268. The molecule has 1 fully saturated rings. The molecule has 0 bridgehead atoms. The number of hydrogen-bond acceptors (Lipinski definition) is 6. The van der Waals surface area contributed by atoms with E-state index in [1.54, 1.807) is 12.1 Å². The molecule has 0 N–H and O–H groups in total. The third kappa shape index (κ3) is 2.36. The number of fused-ring (bicyclic) bond motifs is 1. The van der Waals surface area contributed by atoms with Gasteiger partial charge in [-0.2, -0.15) is 0 Å². The number of imide groups is 2. The zero-order chi connectivity index (χ0) is 17.4. The summed E-state index contributed by atoms with van der Waals surface area (Å²) in [6.07, 6.45) is 0.101. The van der Waals surface area contributed by atoms with Crippen LogP contribution in [-0.4, -0.2) is 59.1 Å². The molecule has 124 valence electrons. The van der Waals surface area contributed by atoms with Crippen molar-refractivity contribution in [2.24, 2.45) is 0 Å². The molecule has 0 radical (unpaired) electrons. The lowest BCUT2D eigenvalue weighted by atomic mass is 10.1. The molecule has 24 heavy (non-hydrogen) atoms. The Morgan fingerprint density at radius 2 is 1.54 bits per heavy atom. The summed E-state index contributed by atoms with van der Waals surface area (Å²) in [7, 11) is 1.11. The molecule has 4 amide bonds. The summed E-state index contributed by atoms with van der Waals surface area (Å²) in [5.74, 6) is -3.04. The van der Waals surface area contributed by atoms with E-state index in [1.807, 2.05) is 0 Å². The molecule has 1 aromatic rings. The molecule has 8 nitrogen and oxygen atoms in total. The minimum atomic E-state index is -1.37. The number of nitrogens with zero attached hydrogens (tertiary/aromatic N) is 2. The largest absolute Gasteiger partial charge is 0.467 e. The van der Waals surface area contributed by atoms with E-state index in [9.17, 15) is 24.0 Å². The minimum Gasteiger partial charge on any atom is -0.467 e. The monoisotopic (exact) mass is 330 g/mol. The molecule has 0 aromatic heterocycles. The molecule has 2 aliphatic heterocycles. The fourth-order valence-electron chi connectivity index (χ4n) is 2.89. The van der Waals surface area contributed by atoms with Crippen molar-refractivity contribution in [3.8, 4) is 0 Å². The molecule has 0 aliphatic carbocycles. The number of rotatable bonds is 4. The molecule has 1 atom stereocenters. The Balaban J connectivity index is 1.94. The predicted molar refractivity (Wildman–Crippen MR) is 78.7 cm³/mol.